The normalized spacial score (nSPS) is 19.7. The maximum atomic E-state index is 13.7. The molecule has 2 atom stereocenters. The van der Waals surface area contributed by atoms with Crippen LogP contribution in [0.3, 0.4) is 0 Å². The molecule has 0 bridgehead atoms. The van der Waals surface area contributed by atoms with E-state index < -0.39 is 0 Å². The summed E-state index contributed by atoms with van der Waals surface area (Å²) in [6.45, 7) is 0.970. The van der Waals surface area contributed by atoms with Gasteiger partial charge in [0.2, 0.25) is 5.91 Å². The highest BCUT2D eigenvalue weighted by Gasteiger charge is 2.38. The number of methoxy groups -OCH3 is 2. The molecule has 3 aromatic rings. The molecule has 7 heteroatoms. The molecule has 31 heavy (non-hydrogen) atoms. The Labute approximate surface area is 181 Å². The summed E-state index contributed by atoms with van der Waals surface area (Å²) in [4.78, 5) is 23.5. The van der Waals surface area contributed by atoms with Gasteiger partial charge in [-0.25, -0.2) is 4.98 Å². The van der Waals surface area contributed by atoms with Crippen LogP contribution in [0.1, 0.15) is 28.6 Å². The Bertz CT molecular complexity index is 1090. The quantitative estimate of drug-likeness (QED) is 0.703. The molecule has 1 aromatic heterocycles. The van der Waals surface area contributed by atoms with Crippen LogP contribution in [0, 0.1) is 5.92 Å². The van der Waals surface area contributed by atoms with Gasteiger partial charge in [-0.15, -0.1) is 0 Å². The van der Waals surface area contributed by atoms with Gasteiger partial charge in [-0.05, 0) is 35.7 Å². The lowest BCUT2D eigenvalue weighted by Crippen LogP contribution is -2.46. The van der Waals surface area contributed by atoms with Gasteiger partial charge in [-0.3, -0.25) is 4.79 Å². The van der Waals surface area contributed by atoms with E-state index in [1.54, 1.807) is 20.5 Å². The first-order chi connectivity index (χ1) is 15.2. The molecule has 0 fully saturated rings. The summed E-state index contributed by atoms with van der Waals surface area (Å²) in [7, 11) is 3.28. The maximum Gasteiger partial charge on any atom is 0.230 e. The molecule has 2 aliphatic rings. The first-order valence-corrected chi connectivity index (χ1v) is 10.4. The maximum absolute atomic E-state index is 13.7. The molecular formula is C24H25N3O4. The van der Waals surface area contributed by atoms with Crippen molar-refractivity contribution in [3.63, 3.8) is 0 Å². The first kappa shape index (κ1) is 19.5. The Morgan fingerprint density at radius 3 is 2.77 bits per heavy atom. The van der Waals surface area contributed by atoms with Crippen LogP contribution < -0.4 is 14.2 Å². The topological polar surface area (TPSA) is 76.7 Å². The van der Waals surface area contributed by atoms with E-state index in [0.29, 0.717) is 25.3 Å². The van der Waals surface area contributed by atoms with Gasteiger partial charge in [0.15, 0.2) is 11.5 Å². The summed E-state index contributed by atoms with van der Waals surface area (Å²) in [5.74, 6) is 2.07. The number of hydrogen-bond acceptors (Lipinski definition) is 5. The number of hydrogen-bond donors (Lipinski definition) is 1. The summed E-state index contributed by atoms with van der Waals surface area (Å²) < 4.78 is 16.7. The van der Waals surface area contributed by atoms with Crippen LogP contribution in [-0.2, 0) is 17.6 Å². The van der Waals surface area contributed by atoms with Crippen LogP contribution in [0.4, 0.5) is 0 Å². The molecule has 7 nitrogen and oxygen atoms in total. The molecule has 0 unspecified atom stereocenters. The fraction of sp³-hybridized carbons (Fsp3) is 0.333. The number of rotatable bonds is 4. The molecule has 3 heterocycles. The lowest BCUT2D eigenvalue weighted by molar-refractivity contribution is -0.139. The highest BCUT2D eigenvalue weighted by atomic mass is 16.5. The van der Waals surface area contributed by atoms with E-state index in [4.69, 9.17) is 14.2 Å². The van der Waals surface area contributed by atoms with Crippen molar-refractivity contribution in [1.29, 1.82) is 0 Å². The Morgan fingerprint density at radius 2 is 2.00 bits per heavy atom. The minimum Gasteiger partial charge on any atom is -0.497 e. The van der Waals surface area contributed by atoms with Gasteiger partial charge in [0.1, 0.15) is 18.4 Å². The van der Waals surface area contributed by atoms with Crippen molar-refractivity contribution in [3.8, 4) is 17.2 Å². The van der Waals surface area contributed by atoms with Crippen molar-refractivity contribution in [2.45, 2.75) is 18.9 Å². The predicted octanol–water partition coefficient (Wildman–Crippen LogP) is 3.15. The van der Waals surface area contributed by atoms with E-state index in [1.807, 2.05) is 47.4 Å². The Hall–Kier alpha value is -3.48. The first-order valence-electron chi connectivity index (χ1n) is 10.4. The number of aromatic amines is 1. The zero-order valence-corrected chi connectivity index (χ0v) is 17.6. The minimum atomic E-state index is -0.249. The lowest BCUT2D eigenvalue weighted by atomic mass is 9.91. The summed E-state index contributed by atoms with van der Waals surface area (Å²) >= 11 is 0. The molecule has 2 aromatic carbocycles. The SMILES string of the molecule is COc1ccc([C@H]2c3nc[nH]c3CCN2C(=O)[C@H]2COc3c(cccc3OC)C2)cc1. The largest absolute Gasteiger partial charge is 0.497 e. The molecule has 0 aliphatic carbocycles. The molecule has 160 valence electrons. The zero-order valence-electron chi connectivity index (χ0n) is 17.6. The zero-order chi connectivity index (χ0) is 21.4. The number of carbonyl (C=O) groups is 1. The number of benzene rings is 2. The molecule has 0 radical (unpaired) electrons. The number of amides is 1. The number of nitrogens with one attached hydrogen (secondary N) is 1. The van der Waals surface area contributed by atoms with Gasteiger partial charge in [0.25, 0.3) is 0 Å². The number of para-hydroxylation sites is 1. The monoisotopic (exact) mass is 419 g/mol. The number of fused-ring (bicyclic) bond motifs is 2. The average Bonchev–Trinajstić information content (AvgIpc) is 3.31. The van der Waals surface area contributed by atoms with Crippen LogP contribution in [0.15, 0.2) is 48.8 Å². The van der Waals surface area contributed by atoms with Crippen LogP contribution in [0.5, 0.6) is 17.2 Å². The summed E-state index contributed by atoms with van der Waals surface area (Å²) in [5.41, 5.74) is 4.01. The highest BCUT2D eigenvalue weighted by Crippen LogP contribution is 2.39. The number of aromatic nitrogens is 2. The highest BCUT2D eigenvalue weighted by molar-refractivity contribution is 5.81. The van der Waals surface area contributed by atoms with Gasteiger partial charge < -0.3 is 24.1 Å². The molecule has 0 spiro atoms. The number of H-pyrrole nitrogens is 1. The van der Waals surface area contributed by atoms with E-state index in [2.05, 4.69) is 9.97 Å². The van der Waals surface area contributed by atoms with Gasteiger partial charge in [0.05, 0.1) is 32.2 Å². The second-order valence-electron chi connectivity index (χ2n) is 7.88. The summed E-state index contributed by atoms with van der Waals surface area (Å²) in [6, 6.07) is 13.4. The third-order valence-electron chi connectivity index (χ3n) is 6.16. The van der Waals surface area contributed by atoms with Gasteiger partial charge in [-0.1, -0.05) is 24.3 Å². The fourth-order valence-corrected chi connectivity index (χ4v) is 4.59. The van der Waals surface area contributed by atoms with Gasteiger partial charge in [0, 0.05) is 18.7 Å². The molecular weight excluding hydrogens is 394 g/mol. The number of carbonyl (C=O) groups excluding carboxylic acids is 1. The standard InChI is InChI=1S/C24H25N3O4/c1-29-18-8-6-15(7-9-18)22-21-19(25-14-26-21)10-11-27(22)24(28)17-12-16-4-3-5-20(30-2)23(16)31-13-17/h3-9,14,17,22H,10-13H2,1-2H3,(H,25,26)/t17-,22+/m1/s1. The van der Waals surface area contributed by atoms with E-state index >= 15 is 0 Å². The average molecular weight is 419 g/mol. The van der Waals surface area contributed by atoms with Crippen molar-refractivity contribution < 1.29 is 19.0 Å². The van der Waals surface area contributed by atoms with Crippen molar-refractivity contribution >= 4 is 5.91 Å². The van der Waals surface area contributed by atoms with Crippen molar-refractivity contribution in [2.24, 2.45) is 5.92 Å². The van der Waals surface area contributed by atoms with Crippen molar-refractivity contribution in [2.75, 3.05) is 27.4 Å². The molecule has 0 saturated carbocycles. The van der Waals surface area contributed by atoms with Crippen molar-refractivity contribution in [3.05, 3.63) is 71.3 Å². The van der Waals surface area contributed by atoms with Gasteiger partial charge >= 0.3 is 0 Å². The number of imidazole rings is 1. The molecule has 5 rings (SSSR count). The second kappa shape index (κ2) is 7.98. The minimum absolute atomic E-state index is 0.0861. The smallest absolute Gasteiger partial charge is 0.230 e. The Kier molecular flexibility index (Phi) is 5.02. The van der Waals surface area contributed by atoms with E-state index in [0.717, 1.165) is 40.4 Å². The molecule has 0 saturated heterocycles. The Morgan fingerprint density at radius 1 is 1.16 bits per heavy atom. The lowest BCUT2D eigenvalue weighted by Gasteiger charge is -2.38. The van der Waals surface area contributed by atoms with E-state index in [9.17, 15) is 4.79 Å². The van der Waals surface area contributed by atoms with E-state index in [1.165, 1.54) is 0 Å². The molecule has 1 amide bonds. The van der Waals surface area contributed by atoms with E-state index in [-0.39, 0.29) is 17.9 Å². The second-order valence-corrected chi connectivity index (χ2v) is 7.88. The molecule has 2 aliphatic heterocycles. The van der Waals surface area contributed by atoms with Crippen LogP contribution in [0.25, 0.3) is 0 Å². The summed E-state index contributed by atoms with van der Waals surface area (Å²) in [6.07, 6.45) is 3.09. The fourth-order valence-electron chi connectivity index (χ4n) is 4.59. The van der Waals surface area contributed by atoms with Crippen LogP contribution in [-0.4, -0.2) is 48.1 Å². The number of ether oxygens (including phenoxy) is 3. The van der Waals surface area contributed by atoms with Gasteiger partial charge in [-0.2, -0.15) is 0 Å². The van der Waals surface area contributed by atoms with Crippen LogP contribution in [0.2, 0.25) is 0 Å². The molecule has 1 N–H and O–H groups in total. The number of nitrogens with zero attached hydrogens (tertiary/aromatic N) is 2. The Balaban J connectivity index is 1.45. The predicted molar refractivity (Wildman–Crippen MR) is 115 cm³/mol. The van der Waals surface area contributed by atoms with Crippen molar-refractivity contribution in [1.82, 2.24) is 14.9 Å². The summed E-state index contributed by atoms with van der Waals surface area (Å²) in [5, 5.41) is 0. The van der Waals surface area contributed by atoms with Crippen LogP contribution >= 0.6 is 0 Å². The third kappa shape index (κ3) is 3.40. The third-order valence-corrected chi connectivity index (χ3v) is 6.16.